The van der Waals surface area contributed by atoms with Crippen molar-refractivity contribution in [3.63, 3.8) is 0 Å². The highest BCUT2D eigenvalue weighted by Gasteiger charge is 2.44. The smallest absolute Gasteiger partial charge is 0.220 e. The Hall–Kier alpha value is -2.14. The van der Waals surface area contributed by atoms with Crippen molar-refractivity contribution in [2.75, 3.05) is 13.2 Å². The molecule has 1 atom stereocenters. The molecule has 146 valence electrons. The fraction of sp³-hybridized carbons (Fsp3) is 0.545. The number of benzene rings is 1. The van der Waals surface area contributed by atoms with E-state index >= 15 is 0 Å². The summed E-state index contributed by atoms with van der Waals surface area (Å²) in [5.41, 5.74) is 3.27. The lowest BCUT2D eigenvalue weighted by atomic mass is 9.66. The minimum atomic E-state index is -0.226. The van der Waals surface area contributed by atoms with Gasteiger partial charge >= 0.3 is 0 Å². The Labute approximate surface area is 162 Å². The van der Waals surface area contributed by atoms with Gasteiger partial charge in [-0.15, -0.1) is 0 Å². The Morgan fingerprint density at radius 3 is 2.78 bits per heavy atom. The van der Waals surface area contributed by atoms with Crippen molar-refractivity contribution in [2.45, 2.75) is 57.5 Å². The first-order valence-electron chi connectivity index (χ1n) is 9.74. The number of carbonyl (C=O) groups excluding carboxylic acids is 1. The van der Waals surface area contributed by atoms with Crippen LogP contribution in [0, 0.1) is 6.92 Å². The minimum Gasteiger partial charge on any atom is -0.376 e. The first-order valence-corrected chi connectivity index (χ1v) is 9.74. The average Bonchev–Trinajstić information content (AvgIpc) is 2.99. The Morgan fingerprint density at radius 2 is 2.11 bits per heavy atom. The number of nitrogens with one attached hydrogen (secondary N) is 1. The van der Waals surface area contributed by atoms with Crippen molar-refractivity contribution < 1.29 is 9.53 Å². The van der Waals surface area contributed by atoms with Crippen molar-refractivity contribution in [1.82, 2.24) is 15.1 Å². The quantitative estimate of drug-likeness (QED) is 0.850. The van der Waals surface area contributed by atoms with Crippen LogP contribution in [0.15, 0.2) is 36.7 Å². The molecule has 0 aliphatic carbocycles. The molecule has 2 heterocycles. The van der Waals surface area contributed by atoms with Gasteiger partial charge in [-0.2, -0.15) is 5.10 Å². The van der Waals surface area contributed by atoms with Gasteiger partial charge < -0.3 is 10.1 Å². The number of hydrogen-bond acceptors (Lipinski definition) is 3. The molecule has 1 saturated heterocycles. The summed E-state index contributed by atoms with van der Waals surface area (Å²) in [6, 6.07) is 8.46. The van der Waals surface area contributed by atoms with Gasteiger partial charge in [0, 0.05) is 38.2 Å². The number of rotatable bonds is 6. The Balaban J connectivity index is 1.71. The summed E-state index contributed by atoms with van der Waals surface area (Å²) in [7, 11) is 1.90. The molecule has 0 spiro atoms. The number of aromatic nitrogens is 2. The largest absolute Gasteiger partial charge is 0.376 e. The molecule has 1 amide bonds. The monoisotopic (exact) mass is 369 g/mol. The van der Waals surface area contributed by atoms with E-state index in [0.29, 0.717) is 19.6 Å². The van der Waals surface area contributed by atoms with Crippen LogP contribution in [0.3, 0.4) is 0 Å². The first-order chi connectivity index (χ1) is 12.8. The molecule has 1 aliphatic rings. The van der Waals surface area contributed by atoms with Crippen LogP contribution in [-0.4, -0.2) is 34.4 Å². The Bertz CT molecular complexity index is 796. The topological polar surface area (TPSA) is 56.2 Å². The van der Waals surface area contributed by atoms with Gasteiger partial charge in [0.2, 0.25) is 5.91 Å². The number of carbonyl (C=O) groups is 1. The van der Waals surface area contributed by atoms with E-state index < -0.39 is 0 Å². The van der Waals surface area contributed by atoms with E-state index in [-0.39, 0.29) is 16.9 Å². The maximum Gasteiger partial charge on any atom is 0.220 e. The lowest BCUT2D eigenvalue weighted by Gasteiger charge is -2.45. The SMILES string of the molecule is Cc1ccccc1[C@@]1(CC(=O)NCCc2cnn(C)c2)CCOC(C)(C)C1. The predicted molar refractivity (Wildman–Crippen MR) is 107 cm³/mol. The van der Waals surface area contributed by atoms with E-state index in [2.05, 4.69) is 55.5 Å². The number of nitrogens with zero attached hydrogens (tertiary/aromatic N) is 2. The second kappa shape index (κ2) is 7.85. The van der Waals surface area contributed by atoms with Crippen molar-refractivity contribution in [3.8, 4) is 0 Å². The molecule has 0 saturated carbocycles. The molecule has 0 radical (unpaired) electrons. The molecule has 27 heavy (non-hydrogen) atoms. The van der Waals surface area contributed by atoms with E-state index in [1.54, 1.807) is 4.68 Å². The van der Waals surface area contributed by atoms with Gasteiger partial charge in [0.15, 0.2) is 0 Å². The predicted octanol–water partition coefficient (Wildman–Crippen LogP) is 3.30. The van der Waals surface area contributed by atoms with Gasteiger partial charge in [0.25, 0.3) is 0 Å². The van der Waals surface area contributed by atoms with E-state index in [4.69, 9.17) is 4.74 Å². The van der Waals surface area contributed by atoms with E-state index in [1.807, 2.05) is 19.4 Å². The number of aryl methyl sites for hydroxylation is 2. The fourth-order valence-corrected chi connectivity index (χ4v) is 4.44. The van der Waals surface area contributed by atoms with Crippen LogP contribution in [0.25, 0.3) is 0 Å². The highest BCUT2D eigenvalue weighted by atomic mass is 16.5. The summed E-state index contributed by atoms with van der Waals surface area (Å²) >= 11 is 0. The van der Waals surface area contributed by atoms with Gasteiger partial charge in [-0.05, 0) is 56.7 Å². The van der Waals surface area contributed by atoms with E-state index in [1.165, 1.54) is 11.1 Å². The third-order valence-corrected chi connectivity index (χ3v) is 5.55. The zero-order valence-electron chi connectivity index (χ0n) is 16.9. The highest BCUT2D eigenvalue weighted by molar-refractivity contribution is 5.77. The van der Waals surface area contributed by atoms with E-state index in [0.717, 1.165) is 24.8 Å². The minimum absolute atomic E-state index is 0.111. The normalized spacial score (nSPS) is 21.8. The summed E-state index contributed by atoms with van der Waals surface area (Å²) in [5.74, 6) is 0.111. The van der Waals surface area contributed by atoms with Crippen LogP contribution in [0.5, 0.6) is 0 Å². The molecule has 1 N–H and O–H groups in total. The van der Waals surface area contributed by atoms with Gasteiger partial charge in [-0.3, -0.25) is 9.48 Å². The maximum absolute atomic E-state index is 12.8. The summed E-state index contributed by atoms with van der Waals surface area (Å²) in [6.07, 6.45) is 6.85. The molecule has 1 fully saturated rings. The summed E-state index contributed by atoms with van der Waals surface area (Å²) in [5, 5.41) is 7.29. The summed E-state index contributed by atoms with van der Waals surface area (Å²) < 4.78 is 7.75. The lowest BCUT2D eigenvalue weighted by molar-refractivity contribution is -0.126. The Morgan fingerprint density at radius 1 is 1.33 bits per heavy atom. The first kappa shape index (κ1) is 19.6. The van der Waals surface area contributed by atoms with Crippen LogP contribution in [0.4, 0.5) is 0 Å². The number of ether oxygens (including phenoxy) is 1. The molecule has 1 aromatic carbocycles. The maximum atomic E-state index is 12.8. The molecule has 3 rings (SSSR count). The lowest BCUT2D eigenvalue weighted by Crippen LogP contribution is -2.47. The molecule has 0 unspecified atom stereocenters. The number of hydrogen-bond donors (Lipinski definition) is 1. The average molecular weight is 370 g/mol. The zero-order chi connectivity index (χ0) is 19.5. The summed E-state index contributed by atoms with van der Waals surface area (Å²) in [4.78, 5) is 12.8. The van der Waals surface area contributed by atoms with Crippen molar-refractivity contribution in [1.29, 1.82) is 0 Å². The zero-order valence-corrected chi connectivity index (χ0v) is 16.9. The van der Waals surface area contributed by atoms with Crippen molar-refractivity contribution in [2.24, 2.45) is 7.05 Å². The second-order valence-electron chi connectivity index (χ2n) is 8.43. The van der Waals surface area contributed by atoms with Crippen LogP contribution < -0.4 is 5.32 Å². The summed E-state index contributed by atoms with van der Waals surface area (Å²) in [6.45, 7) is 7.71. The fourth-order valence-electron chi connectivity index (χ4n) is 4.44. The van der Waals surface area contributed by atoms with Crippen molar-refractivity contribution >= 4 is 5.91 Å². The van der Waals surface area contributed by atoms with Crippen molar-refractivity contribution in [3.05, 3.63) is 53.3 Å². The van der Waals surface area contributed by atoms with Gasteiger partial charge in [0.1, 0.15) is 0 Å². The number of amides is 1. The van der Waals surface area contributed by atoms with Gasteiger partial charge in [-0.1, -0.05) is 24.3 Å². The third-order valence-electron chi connectivity index (χ3n) is 5.55. The molecule has 1 aliphatic heterocycles. The molecule has 2 aromatic rings. The third kappa shape index (κ3) is 4.78. The molecule has 1 aromatic heterocycles. The molecular weight excluding hydrogens is 338 g/mol. The second-order valence-corrected chi connectivity index (χ2v) is 8.43. The molecule has 0 bridgehead atoms. The van der Waals surface area contributed by atoms with Crippen LogP contribution >= 0.6 is 0 Å². The van der Waals surface area contributed by atoms with Gasteiger partial charge in [0.05, 0.1) is 11.8 Å². The van der Waals surface area contributed by atoms with Gasteiger partial charge in [-0.25, -0.2) is 0 Å². The standard InChI is InChI=1S/C22H31N3O2/c1-17-7-5-6-8-19(17)22(10-12-27-21(2,3)16-22)13-20(26)23-11-9-18-14-24-25(4)15-18/h5-8,14-15H,9-13,16H2,1-4H3,(H,23,26)/t22-/m1/s1. The van der Waals surface area contributed by atoms with Crippen LogP contribution in [-0.2, 0) is 28.4 Å². The Kier molecular flexibility index (Phi) is 5.70. The van der Waals surface area contributed by atoms with E-state index in [9.17, 15) is 4.79 Å². The molecule has 5 heteroatoms. The molecule has 5 nitrogen and oxygen atoms in total. The van der Waals surface area contributed by atoms with Crippen LogP contribution in [0.2, 0.25) is 0 Å². The highest BCUT2D eigenvalue weighted by Crippen LogP contribution is 2.45. The van der Waals surface area contributed by atoms with Crippen LogP contribution in [0.1, 0.15) is 49.8 Å². The molecular formula is C22H31N3O2.